The van der Waals surface area contributed by atoms with Gasteiger partial charge in [0.05, 0.1) is 12.6 Å². The average Bonchev–Trinajstić information content (AvgIpc) is 1.81. The Balaban J connectivity index is 1.52. The van der Waals surface area contributed by atoms with Crippen LogP contribution in [0.2, 0.25) is 0 Å². The summed E-state index contributed by atoms with van der Waals surface area (Å²) in [6.45, 7) is 17.5. The monoisotopic (exact) mass is 1250 g/mol. The van der Waals surface area contributed by atoms with E-state index in [9.17, 15) is 57.8 Å². The second-order valence-corrected chi connectivity index (χ2v) is 26.2. The van der Waals surface area contributed by atoms with Crippen molar-refractivity contribution in [2.75, 3.05) is 54.9 Å². The maximum Gasteiger partial charge on any atom is 0.248 e. The highest BCUT2D eigenvalue weighted by atomic mass is 16.3. The largest absolute Gasteiger partial charge is 0.391 e. The van der Waals surface area contributed by atoms with Gasteiger partial charge >= 0.3 is 0 Å². The summed E-state index contributed by atoms with van der Waals surface area (Å²) in [5.41, 5.74) is 2.29. The molecule has 2 aromatic carbocycles. The van der Waals surface area contributed by atoms with E-state index in [2.05, 4.69) is 21.3 Å². The number of benzene rings is 2. The van der Waals surface area contributed by atoms with E-state index in [0.29, 0.717) is 13.1 Å². The van der Waals surface area contributed by atoms with Crippen LogP contribution in [0.5, 0.6) is 0 Å². The van der Waals surface area contributed by atoms with Crippen LogP contribution < -0.4 is 21.3 Å². The molecule has 496 valence electrons. The van der Waals surface area contributed by atoms with Gasteiger partial charge in [-0.3, -0.25) is 52.7 Å². The van der Waals surface area contributed by atoms with E-state index in [1.165, 1.54) is 75.6 Å². The third-order valence-corrected chi connectivity index (χ3v) is 17.5. The normalized spacial score (nSPS) is 27.2. The second-order valence-electron chi connectivity index (χ2n) is 26.2. The molecule has 11 amide bonds. The first-order valence-corrected chi connectivity index (χ1v) is 31.9. The van der Waals surface area contributed by atoms with Gasteiger partial charge in [-0.15, -0.1) is 0 Å². The second kappa shape index (κ2) is 33.4. The van der Waals surface area contributed by atoms with Crippen LogP contribution in [-0.2, 0) is 65.6 Å². The quantitative estimate of drug-likeness (QED) is 0.242. The van der Waals surface area contributed by atoms with Gasteiger partial charge in [0.15, 0.2) is 0 Å². The van der Waals surface area contributed by atoms with Crippen molar-refractivity contribution in [2.24, 2.45) is 17.8 Å². The van der Waals surface area contributed by atoms with Gasteiger partial charge in [-0.1, -0.05) is 108 Å². The Kier molecular flexibility index (Phi) is 27.1. The van der Waals surface area contributed by atoms with Gasteiger partial charge in [0.1, 0.15) is 54.4 Å². The van der Waals surface area contributed by atoms with Crippen molar-refractivity contribution in [3.63, 3.8) is 0 Å². The number of hydrogen-bond donors (Lipinski definition) is 5. The molecule has 0 aliphatic carbocycles. The Hall–Kier alpha value is -7.69. The Bertz CT molecular complexity index is 2890. The van der Waals surface area contributed by atoms with E-state index in [1.807, 2.05) is 94.4 Å². The van der Waals surface area contributed by atoms with E-state index < -0.39 is 138 Å². The maximum absolute atomic E-state index is 14.9. The number of rotatable bonds is 9. The van der Waals surface area contributed by atoms with Crippen molar-refractivity contribution in [3.8, 4) is 0 Å². The summed E-state index contributed by atoms with van der Waals surface area (Å²) in [7, 11) is 7.06. The lowest BCUT2D eigenvalue weighted by molar-refractivity contribution is -0.153. The van der Waals surface area contributed by atoms with Gasteiger partial charge in [0.2, 0.25) is 65.0 Å². The number of nitrogens with one attached hydrogen (secondary N) is 4. The molecule has 0 saturated carbocycles. The smallest absolute Gasteiger partial charge is 0.248 e. The lowest BCUT2D eigenvalue weighted by atomic mass is 9.96. The van der Waals surface area contributed by atoms with Gasteiger partial charge in [-0.2, -0.15) is 0 Å². The SMILES string of the molecule is CC(C)C[C@H]1C(=O)N(C)[C@@H](C(C)C)C(=O)N(C)CC(=O)N[C@@H]([C@@H](C)O)C(=O)N(C)[C@@H](C)C(=O)N[C@@H](C)C(=O)N(C)[C@H]2CC(C)N(C2=O)[C@@H](CC(C)C)C(=O)N[C@H](C(=O)N2CCCCC2)Cc2cccc(c2)/C=C/CCC(=O)N[C@@H](Cc2ccccc2)C(=O)N1C. The van der Waals surface area contributed by atoms with Crippen LogP contribution in [0.4, 0.5) is 0 Å². The number of fused-ring (bicyclic) bond motifs is 4. The molecule has 90 heavy (non-hydrogen) atoms. The third-order valence-electron chi connectivity index (χ3n) is 17.5. The van der Waals surface area contributed by atoms with Crippen LogP contribution >= 0.6 is 0 Å². The van der Waals surface area contributed by atoms with E-state index in [0.717, 1.165) is 45.8 Å². The van der Waals surface area contributed by atoms with Gasteiger partial charge in [0.25, 0.3) is 0 Å². The Morgan fingerprint density at radius 2 is 1.26 bits per heavy atom. The third kappa shape index (κ3) is 19.4. The molecule has 1 unspecified atom stereocenters. The molecule has 0 spiro atoms. The molecule has 2 saturated heterocycles. The summed E-state index contributed by atoms with van der Waals surface area (Å²) >= 11 is 0. The molecule has 3 aliphatic rings. The Morgan fingerprint density at radius 3 is 1.87 bits per heavy atom. The van der Waals surface area contributed by atoms with Crippen LogP contribution in [0.15, 0.2) is 60.7 Å². The molecular formula is C67H101N11O12. The molecule has 2 fully saturated rings. The predicted molar refractivity (Wildman–Crippen MR) is 342 cm³/mol. The number of aliphatic hydroxyl groups is 1. The number of carbonyl (C=O) groups excluding carboxylic acids is 11. The molecular weight excluding hydrogens is 1150 g/mol. The first-order chi connectivity index (χ1) is 42.3. The Labute approximate surface area is 532 Å². The van der Waals surface area contributed by atoms with Crippen LogP contribution in [0.1, 0.15) is 137 Å². The fraction of sp³-hybridized carbons (Fsp3) is 0.627. The molecule has 5 N–H and O–H groups in total. The van der Waals surface area contributed by atoms with Crippen molar-refractivity contribution in [2.45, 2.75) is 200 Å². The van der Waals surface area contributed by atoms with Crippen LogP contribution in [0, 0.1) is 17.8 Å². The number of aliphatic hydroxyl groups excluding tert-OH is 1. The molecule has 11 atom stereocenters. The molecule has 23 heteroatoms. The number of likely N-dealkylation sites (N-methyl/N-ethyl adjacent to an activating group) is 5. The first kappa shape index (κ1) is 73.0. The number of amides is 11. The minimum atomic E-state index is -1.60. The zero-order valence-electron chi connectivity index (χ0n) is 55.7. The number of hydrogen-bond acceptors (Lipinski definition) is 12. The van der Waals surface area contributed by atoms with Crippen molar-refractivity contribution in [3.05, 3.63) is 77.4 Å². The van der Waals surface area contributed by atoms with Crippen molar-refractivity contribution in [1.82, 2.24) is 55.6 Å². The topological polar surface area (TPSA) is 279 Å². The summed E-state index contributed by atoms with van der Waals surface area (Å²) in [6.07, 6.45) is 5.94. The van der Waals surface area contributed by atoms with E-state index in [1.54, 1.807) is 25.7 Å². The van der Waals surface area contributed by atoms with E-state index in [4.69, 9.17) is 0 Å². The van der Waals surface area contributed by atoms with Crippen LogP contribution in [-0.4, -0.2) is 226 Å². The standard InChI is InChI=1S/C67H101N11O12/c1-40(2)33-52-60(83)70-51(63(86)77-31-22-17-23-32-77)38-49-29-24-28-47(36-49)27-20-21-30-55(80)69-50(37-48-25-18-16-19-26-48)62(85)75(14)53(34-41(3)4)64(87)76(15)58(42(5)6)67(90)72(11)39-56(81)71-57(46(10)79)66(89)73(12)45(9)59(82)68-44(8)61(84)74(13)54-35-43(7)78(52)65(54)88/h16,18-20,24-29,36,40-46,50-54,57-58,79H,17,21-23,30-35,37-39H2,1-15H3,(H,68,82)(H,69,80)(H,70,83)(H,71,81)/b27-20+/t43?,44-,45-,46+,50-,51-,52-,53-,54-,57-,58-/m0/s1. The van der Waals surface area contributed by atoms with Crippen molar-refractivity contribution >= 4 is 71.1 Å². The summed E-state index contributed by atoms with van der Waals surface area (Å²) in [6, 6.07) is 5.71. The highest BCUT2D eigenvalue weighted by molar-refractivity contribution is 5.99. The molecule has 0 radical (unpaired) electrons. The summed E-state index contributed by atoms with van der Waals surface area (Å²) < 4.78 is 0. The number of allylic oxidation sites excluding steroid dienone is 1. The molecule has 0 aromatic heterocycles. The minimum Gasteiger partial charge on any atom is -0.391 e. The summed E-state index contributed by atoms with van der Waals surface area (Å²) in [5, 5.41) is 22.0. The van der Waals surface area contributed by atoms with Crippen LogP contribution in [0.25, 0.3) is 6.08 Å². The zero-order valence-corrected chi connectivity index (χ0v) is 55.7. The predicted octanol–water partition coefficient (Wildman–Crippen LogP) is 3.16. The number of nitrogens with zero attached hydrogens (tertiary/aromatic N) is 7. The lowest BCUT2D eigenvalue weighted by Crippen LogP contribution is -2.60. The van der Waals surface area contributed by atoms with Crippen molar-refractivity contribution in [1.29, 1.82) is 0 Å². The number of piperidine rings is 1. The molecule has 4 bridgehead atoms. The number of carbonyl (C=O) groups is 11. The first-order valence-electron chi connectivity index (χ1n) is 31.9. The fourth-order valence-corrected chi connectivity index (χ4v) is 12.2. The fourth-order valence-electron chi connectivity index (χ4n) is 12.2. The van der Waals surface area contributed by atoms with Crippen LogP contribution in [0.3, 0.4) is 0 Å². The maximum atomic E-state index is 14.9. The summed E-state index contributed by atoms with van der Waals surface area (Å²) in [4.78, 5) is 167. The van der Waals surface area contributed by atoms with E-state index in [-0.39, 0.29) is 62.7 Å². The van der Waals surface area contributed by atoms with Gasteiger partial charge < -0.3 is 60.7 Å². The van der Waals surface area contributed by atoms with Gasteiger partial charge in [0, 0.05) is 73.6 Å². The number of likely N-dealkylation sites (tertiary alicyclic amines) is 1. The lowest BCUT2D eigenvalue weighted by Gasteiger charge is -2.38. The zero-order chi connectivity index (χ0) is 67.0. The van der Waals surface area contributed by atoms with Crippen molar-refractivity contribution < 1.29 is 57.8 Å². The Morgan fingerprint density at radius 1 is 0.622 bits per heavy atom. The highest BCUT2D eigenvalue weighted by Crippen LogP contribution is 2.29. The van der Waals surface area contributed by atoms with E-state index >= 15 is 0 Å². The molecule has 23 nitrogen and oxygen atoms in total. The van der Waals surface area contributed by atoms with Gasteiger partial charge in [-0.25, -0.2) is 0 Å². The molecule has 3 aliphatic heterocycles. The average molecular weight is 1250 g/mol. The molecule has 2 aromatic rings. The van der Waals surface area contributed by atoms with Gasteiger partial charge in [-0.05, 0) is 107 Å². The summed E-state index contributed by atoms with van der Waals surface area (Å²) in [5.74, 6) is -7.16. The molecule has 5 rings (SSSR count). The molecule has 3 heterocycles. The minimum absolute atomic E-state index is 0.00430. The highest BCUT2D eigenvalue weighted by Gasteiger charge is 2.48.